The molecule has 1 aliphatic heterocycles. The van der Waals surface area contributed by atoms with E-state index < -0.39 is 12.0 Å². The first-order valence-electron chi connectivity index (χ1n) is 7.09. The maximum absolute atomic E-state index is 12.1. The lowest BCUT2D eigenvalue weighted by Crippen LogP contribution is -2.43. The van der Waals surface area contributed by atoms with Gasteiger partial charge in [0.15, 0.2) is 0 Å². The van der Waals surface area contributed by atoms with Gasteiger partial charge in [0.1, 0.15) is 6.04 Å². The molecule has 1 aromatic carbocycles. The smallest absolute Gasteiger partial charge is 0.320 e. The largest absolute Gasteiger partial charge is 0.480 e. The summed E-state index contributed by atoms with van der Waals surface area (Å²) in [4.78, 5) is 24.9. The van der Waals surface area contributed by atoms with Crippen LogP contribution in [0.3, 0.4) is 0 Å². The molecule has 0 aliphatic carbocycles. The molecule has 1 aromatic rings. The Morgan fingerprint density at radius 2 is 2.18 bits per heavy atom. The third-order valence-corrected chi connectivity index (χ3v) is 4.36. The van der Waals surface area contributed by atoms with Crippen molar-refractivity contribution in [3.8, 4) is 0 Å². The number of hydrogen-bond donors (Lipinski definition) is 2. The molecule has 1 fully saturated rings. The lowest BCUT2D eigenvalue weighted by atomic mass is 10.1. The van der Waals surface area contributed by atoms with Gasteiger partial charge < -0.3 is 10.4 Å². The van der Waals surface area contributed by atoms with Crippen molar-refractivity contribution in [2.24, 2.45) is 0 Å². The first-order chi connectivity index (χ1) is 10.4. The number of nitrogens with zero attached hydrogens (tertiary/aromatic N) is 1. The molecule has 1 aliphatic rings. The van der Waals surface area contributed by atoms with Crippen molar-refractivity contribution in [3.05, 3.63) is 33.8 Å². The molecule has 1 saturated heterocycles. The zero-order valence-corrected chi connectivity index (χ0v) is 13.7. The normalized spacial score (nSPS) is 19.9. The van der Waals surface area contributed by atoms with E-state index in [0.717, 1.165) is 12.0 Å². The maximum Gasteiger partial charge on any atom is 0.320 e. The number of carboxylic acids is 1. The van der Waals surface area contributed by atoms with Crippen LogP contribution < -0.4 is 5.32 Å². The van der Waals surface area contributed by atoms with Gasteiger partial charge in [0.05, 0.1) is 12.6 Å². The molecule has 2 N–H and O–H groups in total. The van der Waals surface area contributed by atoms with E-state index in [1.54, 1.807) is 23.1 Å². The topological polar surface area (TPSA) is 69.6 Å². The van der Waals surface area contributed by atoms with Crippen molar-refractivity contribution in [2.75, 3.05) is 13.1 Å². The number of halogens is 2. The minimum absolute atomic E-state index is 0.0759. The molecule has 0 saturated carbocycles. The van der Waals surface area contributed by atoms with Gasteiger partial charge in [-0.15, -0.1) is 0 Å². The summed E-state index contributed by atoms with van der Waals surface area (Å²) in [5.74, 6) is -1.09. The number of rotatable bonds is 5. The van der Waals surface area contributed by atoms with E-state index in [2.05, 4.69) is 5.32 Å². The molecule has 0 bridgehead atoms. The zero-order valence-electron chi connectivity index (χ0n) is 12.2. The summed E-state index contributed by atoms with van der Waals surface area (Å²) < 4.78 is 0. The Morgan fingerprint density at radius 3 is 2.82 bits per heavy atom. The fourth-order valence-corrected chi connectivity index (χ4v) is 3.27. The average Bonchev–Trinajstić information content (AvgIpc) is 2.86. The van der Waals surface area contributed by atoms with Crippen LogP contribution in [0.5, 0.6) is 0 Å². The lowest BCUT2D eigenvalue weighted by Gasteiger charge is -2.22. The van der Waals surface area contributed by atoms with Gasteiger partial charge in [-0.3, -0.25) is 14.5 Å². The first-order valence-corrected chi connectivity index (χ1v) is 7.85. The van der Waals surface area contributed by atoms with Crippen LogP contribution in [0.15, 0.2) is 18.2 Å². The van der Waals surface area contributed by atoms with Crippen LogP contribution in [-0.4, -0.2) is 41.0 Å². The molecule has 5 nitrogen and oxygen atoms in total. The molecular formula is C15H18Cl2N2O3. The highest BCUT2D eigenvalue weighted by Gasteiger charge is 2.31. The Hall–Kier alpha value is -1.30. The Bertz CT molecular complexity index is 580. The fourth-order valence-electron chi connectivity index (χ4n) is 2.70. The van der Waals surface area contributed by atoms with Gasteiger partial charge in [0.25, 0.3) is 0 Å². The summed E-state index contributed by atoms with van der Waals surface area (Å²) in [6.07, 6.45) is 1.38. The first kappa shape index (κ1) is 17.1. The molecule has 7 heteroatoms. The minimum atomic E-state index is -0.876. The van der Waals surface area contributed by atoms with Crippen LogP contribution in [0.4, 0.5) is 0 Å². The van der Waals surface area contributed by atoms with Crippen molar-refractivity contribution in [3.63, 3.8) is 0 Å². The molecule has 22 heavy (non-hydrogen) atoms. The van der Waals surface area contributed by atoms with Crippen LogP contribution in [0.1, 0.15) is 31.4 Å². The number of carbonyl (C=O) groups excluding carboxylic acids is 1. The standard InChI is InChI=1S/C15H18Cl2N2O3/c1-9(11-5-4-10(16)7-12(11)17)18-14(20)8-19-6-2-3-13(19)15(21)22/h4-5,7,9,13H,2-3,6,8H2,1H3,(H,18,20)(H,21,22)/t9-,13-/m1/s1. The number of carbonyl (C=O) groups is 2. The highest BCUT2D eigenvalue weighted by atomic mass is 35.5. The number of likely N-dealkylation sites (tertiary alicyclic amines) is 1. The molecule has 0 spiro atoms. The summed E-state index contributed by atoms with van der Waals surface area (Å²) in [7, 11) is 0. The van der Waals surface area contributed by atoms with E-state index in [0.29, 0.717) is 23.0 Å². The quantitative estimate of drug-likeness (QED) is 0.861. The monoisotopic (exact) mass is 344 g/mol. The number of carboxylic acid groups (broad SMARTS) is 1. The summed E-state index contributed by atoms with van der Waals surface area (Å²) in [5.41, 5.74) is 0.774. The van der Waals surface area contributed by atoms with Gasteiger partial charge in [-0.1, -0.05) is 29.3 Å². The van der Waals surface area contributed by atoms with Crippen molar-refractivity contribution in [2.45, 2.75) is 31.8 Å². The van der Waals surface area contributed by atoms with Crippen molar-refractivity contribution < 1.29 is 14.7 Å². The SMILES string of the molecule is C[C@@H](NC(=O)CN1CCC[C@@H]1C(=O)O)c1ccc(Cl)cc1Cl. The Kier molecular flexibility index (Phi) is 5.67. The predicted molar refractivity (Wildman–Crippen MR) is 85.3 cm³/mol. The third kappa shape index (κ3) is 4.12. The molecule has 120 valence electrons. The highest BCUT2D eigenvalue weighted by Crippen LogP contribution is 2.26. The van der Waals surface area contributed by atoms with Gasteiger partial charge in [-0.2, -0.15) is 0 Å². The molecule has 0 radical (unpaired) electrons. The molecule has 0 aromatic heterocycles. The van der Waals surface area contributed by atoms with Crippen LogP contribution in [-0.2, 0) is 9.59 Å². The van der Waals surface area contributed by atoms with E-state index >= 15 is 0 Å². The predicted octanol–water partition coefficient (Wildman–Crippen LogP) is 2.72. The molecular weight excluding hydrogens is 327 g/mol. The number of benzene rings is 1. The summed E-state index contributed by atoms with van der Waals surface area (Å²) in [5, 5.41) is 13.0. The molecule has 2 atom stereocenters. The summed E-state index contributed by atoms with van der Waals surface area (Å²) >= 11 is 12.0. The second kappa shape index (κ2) is 7.31. The van der Waals surface area contributed by atoms with E-state index in [1.807, 2.05) is 6.92 Å². The van der Waals surface area contributed by atoms with Crippen molar-refractivity contribution in [1.82, 2.24) is 10.2 Å². The Labute approximate surface area is 139 Å². The zero-order chi connectivity index (χ0) is 16.3. The molecule has 2 rings (SSSR count). The Morgan fingerprint density at radius 1 is 1.45 bits per heavy atom. The molecule has 1 heterocycles. The molecule has 1 amide bonds. The van der Waals surface area contributed by atoms with Gasteiger partial charge in [0, 0.05) is 10.0 Å². The number of hydrogen-bond acceptors (Lipinski definition) is 3. The number of amides is 1. The number of aliphatic carboxylic acids is 1. The van der Waals surface area contributed by atoms with E-state index in [4.69, 9.17) is 28.3 Å². The fraction of sp³-hybridized carbons (Fsp3) is 0.467. The Balaban J connectivity index is 1.95. The van der Waals surface area contributed by atoms with Gasteiger partial charge in [0.2, 0.25) is 5.91 Å². The second-order valence-corrected chi connectivity index (χ2v) is 6.27. The van der Waals surface area contributed by atoms with Gasteiger partial charge in [-0.05, 0) is 44.0 Å². The van der Waals surface area contributed by atoms with Crippen LogP contribution in [0.25, 0.3) is 0 Å². The number of nitrogens with one attached hydrogen (secondary N) is 1. The van der Waals surface area contributed by atoms with E-state index in [1.165, 1.54) is 0 Å². The average molecular weight is 345 g/mol. The van der Waals surface area contributed by atoms with Crippen LogP contribution in [0, 0.1) is 0 Å². The summed E-state index contributed by atoms with van der Waals surface area (Å²) in [6.45, 7) is 2.53. The molecule has 0 unspecified atom stereocenters. The highest BCUT2D eigenvalue weighted by molar-refractivity contribution is 6.35. The van der Waals surface area contributed by atoms with E-state index in [9.17, 15) is 9.59 Å². The van der Waals surface area contributed by atoms with Crippen LogP contribution in [0.2, 0.25) is 10.0 Å². The third-order valence-electron chi connectivity index (χ3n) is 3.80. The lowest BCUT2D eigenvalue weighted by molar-refractivity contribution is -0.142. The van der Waals surface area contributed by atoms with Gasteiger partial charge >= 0.3 is 5.97 Å². The minimum Gasteiger partial charge on any atom is -0.480 e. The van der Waals surface area contributed by atoms with Crippen molar-refractivity contribution >= 4 is 35.1 Å². The van der Waals surface area contributed by atoms with Gasteiger partial charge in [-0.25, -0.2) is 0 Å². The summed E-state index contributed by atoms with van der Waals surface area (Å²) in [6, 6.07) is 4.27. The van der Waals surface area contributed by atoms with Crippen LogP contribution >= 0.6 is 23.2 Å². The second-order valence-electron chi connectivity index (χ2n) is 5.42. The van der Waals surface area contributed by atoms with E-state index in [-0.39, 0.29) is 18.5 Å². The maximum atomic E-state index is 12.1. The van der Waals surface area contributed by atoms with Crippen molar-refractivity contribution in [1.29, 1.82) is 0 Å².